The molecule has 0 aliphatic carbocycles. The highest BCUT2D eigenvalue weighted by Crippen LogP contribution is 2.08. The minimum absolute atomic E-state index is 0. The van der Waals surface area contributed by atoms with Crippen molar-refractivity contribution in [1.29, 1.82) is 0 Å². The van der Waals surface area contributed by atoms with Crippen molar-refractivity contribution in [3.8, 4) is 0 Å². The fraction of sp³-hybridized carbons (Fsp3) is 0.312. The number of alkyl halides is 2. The molecule has 2 rings (SSSR count). The van der Waals surface area contributed by atoms with Crippen LogP contribution in [0.3, 0.4) is 0 Å². The van der Waals surface area contributed by atoms with E-state index >= 15 is 0 Å². The van der Waals surface area contributed by atoms with E-state index in [0.717, 1.165) is 11.6 Å². The van der Waals surface area contributed by atoms with Gasteiger partial charge < -0.3 is 11.1 Å². The van der Waals surface area contributed by atoms with Gasteiger partial charge in [-0.05, 0) is 5.56 Å². The van der Waals surface area contributed by atoms with Gasteiger partial charge in [-0.25, -0.2) is 13.6 Å². The number of hydrogen-bond donors (Lipinski definition) is 2. The first-order valence-corrected chi connectivity index (χ1v) is 7.51. The molecule has 1 heterocycles. The maximum atomic E-state index is 13.0. The summed E-state index contributed by atoms with van der Waals surface area (Å²) < 4.78 is 28.0. The first-order valence-electron chi connectivity index (χ1n) is 7.51. The van der Waals surface area contributed by atoms with Crippen molar-refractivity contribution >= 4 is 18.3 Å². The van der Waals surface area contributed by atoms with Gasteiger partial charge in [-0.2, -0.15) is 0 Å². The van der Waals surface area contributed by atoms with Crippen molar-refractivity contribution in [2.75, 3.05) is 13.1 Å². The Morgan fingerprint density at radius 1 is 1.15 bits per heavy atom. The Labute approximate surface area is 153 Å². The largest absolute Gasteiger partial charge is 0.348 e. The highest BCUT2D eigenvalue weighted by atomic mass is 35.5. The minimum Gasteiger partial charge on any atom is -0.348 e. The van der Waals surface area contributed by atoms with E-state index in [1.54, 1.807) is 0 Å². The summed E-state index contributed by atoms with van der Waals surface area (Å²) in [5, 5.41) is 1.97. The third kappa shape index (κ3) is 5.78. The zero-order valence-electron chi connectivity index (χ0n) is 13.7. The van der Waals surface area contributed by atoms with Crippen molar-refractivity contribution in [3.63, 3.8) is 0 Å². The number of nitrogens with one attached hydrogen (secondary N) is 1. The summed E-state index contributed by atoms with van der Waals surface area (Å²) in [6.45, 7) is -2.30. The summed E-state index contributed by atoms with van der Waals surface area (Å²) in [5.74, 6) is -4.12. The Hall–Kier alpha value is -2.52. The minimum atomic E-state index is -3.25. The van der Waals surface area contributed by atoms with E-state index in [4.69, 9.17) is 5.73 Å². The average molecular weight is 389 g/mol. The molecular formula is C16H19ClF2N4O3. The third-order valence-electron chi connectivity index (χ3n) is 3.48. The van der Waals surface area contributed by atoms with Gasteiger partial charge >= 0.3 is 5.69 Å². The van der Waals surface area contributed by atoms with Crippen molar-refractivity contribution in [2.24, 2.45) is 5.73 Å². The quantitative estimate of drug-likeness (QED) is 0.707. The number of benzene rings is 1. The molecule has 1 aromatic heterocycles. The van der Waals surface area contributed by atoms with E-state index in [-0.39, 0.29) is 19.0 Å². The second-order valence-electron chi connectivity index (χ2n) is 5.47. The molecule has 1 amide bonds. The average Bonchev–Trinajstić information content (AvgIpc) is 2.60. The predicted octanol–water partition coefficient (Wildman–Crippen LogP) is 0.190. The lowest BCUT2D eigenvalue weighted by Crippen LogP contribution is -2.46. The van der Waals surface area contributed by atoms with Gasteiger partial charge in [0.05, 0.1) is 19.6 Å². The fourth-order valence-corrected chi connectivity index (χ4v) is 2.10. The van der Waals surface area contributed by atoms with Gasteiger partial charge in [0.25, 0.3) is 11.5 Å². The summed E-state index contributed by atoms with van der Waals surface area (Å²) in [6.07, 6.45) is 1.33. The smallest absolute Gasteiger partial charge is 0.331 e. The molecule has 0 radical (unpaired) electrons. The summed E-state index contributed by atoms with van der Waals surface area (Å²) in [6, 6.07) is 10.2. The number of carbonyl (C=O) groups is 1. The van der Waals surface area contributed by atoms with E-state index < -0.39 is 42.7 Å². The van der Waals surface area contributed by atoms with Crippen LogP contribution in [0.25, 0.3) is 0 Å². The predicted molar refractivity (Wildman–Crippen MR) is 94.8 cm³/mol. The van der Waals surface area contributed by atoms with Crippen LogP contribution >= 0.6 is 12.4 Å². The Morgan fingerprint density at radius 3 is 2.42 bits per heavy atom. The van der Waals surface area contributed by atoms with Crippen molar-refractivity contribution in [2.45, 2.75) is 19.0 Å². The van der Waals surface area contributed by atoms with Crippen LogP contribution in [-0.2, 0) is 17.9 Å². The van der Waals surface area contributed by atoms with E-state index in [1.165, 1.54) is 10.8 Å². The topological polar surface area (TPSA) is 99.1 Å². The van der Waals surface area contributed by atoms with Gasteiger partial charge in [0, 0.05) is 12.3 Å². The van der Waals surface area contributed by atoms with Crippen LogP contribution in [0, 0.1) is 0 Å². The van der Waals surface area contributed by atoms with E-state index in [0.29, 0.717) is 4.57 Å². The first kappa shape index (κ1) is 21.5. The Morgan fingerprint density at radius 2 is 1.81 bits per heavy atom. The molecule has 0 aliphatic rings. The van der Waals surface area contributed by atoms with Crippen molar-refractivity contribution in [3.05, 3.63) is 69.0 Å². The second-order valence-corrected chi connectivity index (χ2v) is 5.47. The zero-order valence-corrected chi connectivity index (χ0v) is 14.5. The molecule has 7 nitrogen and oxygen atoms in total. The highest BCUT2D eigenvalue weighted by Gasteiger charge is 2.27. The molecule has 3 N–H and O–H groups in total. The summed E-state index contributed by atoms with van der Waals surface area (Å²) in [4.78, 5) is 36.0. The highest BCUT2D eigenvalue weighted by molar-refractivity contribution is 5.85. The van der Waals surface area contributed by atoms with Crippen molar-refractivity contribution in [1.82, 2.24) is 14.5 Å². The van der Waals surface area contributed by atoms with E-state index in [1.807, 2.05) is 35.6 Å². The Kier molecular flexibility index (Phi) is 7.66. The molecule has 0 saturated heterocycles. The van der Waals surface area contributed by atoms with Crippen LogP contribution in [0.2, 0.25) is 0 Å². The molecule has 26 heavy (non-hydrogen) atoms. The van der Waals surface area contributed by atoms with Gasteiger partial charge in [-0.3, -0.25) is 18.7 Å². The van der Waals surface area contributed by atoms with Gasteiger partial charge in [0.2, 0.25) is 5.91 Å². The van der Waals surface area contributed by atoms with Crippen LogP contribution in [0.5, 0.6) is 0 Å². The SMILES string of the molecule is Cl.NCC(F)(F)CNC(=O)Cn1c(=O)ccn(Cc2ccccc2)c1=O. The molecule has 1 aromatic carbocycles. The molecule has 142 valence electrons. The molecule has 0 atom stereocenters. The zero-order chi connectivity index (χ0) is 18.4. The Bertz CT molecular complexity index is 853. The van der Waals surface area contributed by atoms with Crippen LogP contribution in [0.4, 0.5) is 8.78 Å². The summed E-state index contributed by atoms with van der Waals surface area (Å²) in [7, 11) is 0. The first-order chi connectivity index (χ1) is 11.8. The number of halogens is 3. The monoisotopic (exact) mass is 388 g/mol. The molecule has 2 aromatic rings. The number of rotatable bonds is 7. The molecule has 0 fully saturated rings. The van der Waals surface area contributed by atoms with Gasteiger partial charge in [0.15, 0.2) is 0 Å². The number of nitrogens with zero attached hydrogens (tertiary/aromatic N) is 2. The lowest BCUT2D eigenvalue weighted by atomic mass is 10.2. The van der Waals surface area contributed by atoms with Gasteiger partial charge in [-0.1, -0.05) is 30.3 Å². The molecular weight excluding hydrogens is 370 g/mol. The number of amides is 1. The maximum absolute atomic E-state index is 13.0. The van der Waals surface area contributed by atoms with Gasteiger partial charge in [-0.15, -0.1) is 12.4 Å². The molecule has 0 aliphatic heterocycles. The molecule has 0 spiro atoms. The number of carbonyl (C=O) groups excluding carboxylic acids is 1. The number of hydrogen-bond acceptors (Lipinski definition) is 4. The van der Waals surface area contributed by atoms with E-state index in [9.17, 15) is 23.2 Å². The van der Waals surface area contributed by atoms with Crippen LogP contribution < -0.4 is 22.3 Å². The van der Waals surface area contributed by atoms with Gasteiger partial charge in [0.1, 0.15) is 6.54 Å². The fourth-order valence-electron chi connectivity index (χ4n) is 2.10. The third-order valence-corrected chi connectivity index (χ3v) is 3.48. The summed E-state index contributed by atoms with van der Waals surface area (Å²) in [5.41, 5.74) is 4.33. The van der Waals surface area contributed by atoms with E-state index in [2.05, 4.69) is 0 Å². The molecule has 0 bridgehead atoms. The second kappa shape index (κ2) is 9.25. The molecule has 0 unspecified atom stereocenters. The number of aromatic nitrogens is 2. The Balaban J connectivity index is 0.00000338. The lowest BCUT2D eigenvalue weighted by Gasteiger charge is -2.15. The molecule has 0 saturated carbocycles. The number of nitrogens with two attached hydrogens (primary N) is 1. The normalized spacial score (nSPS) is 10.9. The standard InChI is InChI=1S/C16H18F2N4O3.ClH/c17-16(18,10-19)11-20-13(23)9-22-14(24)6-7-21(15(22)25)8-12-4-2-1-3-5-12;/h1-7H,8-11,19H2,(H,20,23);1H. The van der Waals surface area contributed by atoms with Crippen LogP contribution in [-0.4, -0.2) is 34.1 Å². The molecule has 10 heteroatoms. The van der Waals surface area contributed by atoms with Crippen molar-refractivity contribution < 1.29 is 13.6 Å². The lowest BCUT2D eigenvalue weighted by molar-refractivity contribution is -0.123. The van der Waals surface area contributed by atoms with Crippen LogP contribution in [0.15, 0.2) is 52.2 Å². The summed E-state index contributed by atoms with van der Waals surface area (Å²) >= 11 is 0. The van der Waals surface area contributed by atoms with Crippen LogP contribution in [0.1, 0.15) is 5.56 Å². The maximum Gasteiger partial charge on any atom is 0.331 e.